The normalized spacial score (nSPS) is 19.9. The number of esters is 1. The fourth-order valence-corrected chi connectivity index (χ4v) is 4.22. The Morgan fingerprint density at radius 3 is 2.31 bits per heavy atom. The van der Waals surface area contributed by atoms with Gasteiger partial charge in [-0.25, -0.2) is 4.79 Å². The van der Waals surface area contributed by atoms with E-state index in [1.165, 1.54) is 0 Å². The van der Waals surface area contributed by atoms with Gasteiger partial charge >= 0.3 is 5.97 Å². The van der Waals surface area contributed by atoms with Crippen LogP contribution in [0.25, 0.3) is 0 Å². The van der Waals surface area contributed by atoms with Gasteiger partial charge in [0.25, 0.3) is 0 Å². The van der Waals surface area contributed by atoms with E-state index in [1.807, 2.05) is 34.6 Å². The molecule has 1 heterocycles. The average molecular weight is 452 g/mol. The third kappa shape index (κ3) is 7.61. The fourth-order valence-electron chi connectivity index (χ4n) is 4.22. The SMILES string of the molecule is CCOC(=O)C(C)=C[C@H](C(C)C)N(C)C(=O)[C@@H](NC(=O)C1CCCCN1CC)C(C)(C)C. The first-order valence-corrected chi connectivity index (χ1v) is 12.0. The molecule has 3 atom stereocenters. The van der Waals surface area contributed by atoms with E-state index < -0.39 is 11.5 Å². The van der Waals surface area contributed by atoms with Crippen LogP contribution in [0, 0.1) is 11.3 Å². The molecule has 0 aromatic rings. The standard InChI is InChI=1S/C25H45N3O4/c1-10-28-15-13-12-14-19(28)22(29)26-21(25(6,7)8)23(30)27(9)20(17(3)4)16-18(5)24(31)32-11-2/h16-17,19-21H,10-15H2,1-9H3,(H,26,29)/t19?,20-,21-/m1/s1. The van der Waals surface area contributed by atoms with Gasteiger partial charge in [-0.2, -0.15) is 0 Å². The summed E-state index contributed by atoms with van der Waals surface area (Å²) in [7, 11) is 1.74. The largest absolute Gasteiger partial charge is 0.463 e. The number of likely N-dealkylation sites (N-methyl/N-ethyl adjacent to an activating group) is 2. The van der Waals surface area contributed by atoms with Crippen molar-refractivity contribution in [3.63, 3.8) is 0 Å². The van der Waals surface area contributed by atoms with Gasteiger partial charge in [0.2, 0.25) is 11.8 Å². The van der Waals surface area contributed by atoms with Crippen molar-refractivity contribution in [2.75, 3.05) is 26.7 Å². The van der Waals surface area contributed by atoms with Crippen molar-refractivity contribution in [1.82, 2.24) is 15.1 Å². The van der Waals surface area contributed by atoms with Crippen LogP contribution >= 0.6 is 0 Å². The lowest BCUT2D eigenvalue weighted by atomic mass is 9.84. The minimum atomic E-state index is -0.668. The fraction of sp³-hybridized carbons (Fsp3) is 0.800. The second kappa shape index (κ2) is 12.4. The van der Waals surface area contributed by atoms with Crippen LogP contribution in [0.15, 0.2) is 11.6 Å². The Morgan fingerprint density at radius 1 is 1.19 bits per heavy atom. The lowest BCUT2D eigenvalue weighted by Gasteiger charge is -2.39. The van der Waals surface area contributed by atoms with E-state index in [9.17, 15) is 14.4 Å². The summed E-state index contributed by atoms with van der Waals surface area (Å²) in [4.78, 5) is 42.8. The van der Waals surface area contributed by atoms with Crippen molar-refractivity contribution in [1.29, 1.82) is 0 Å². The first-order chi connectivity index (χ1) is 14.8. The van der Waals surface area contributed by atoms with E-state index in [4.69, 9.17) is 4.74 Å². The molecular formula is C25H45N3O4. The van der Waals surface area contributed by atoms with Crippen LogP contribution in [0.2, 0.25) is 0 Å². The third-order valence-electron chi connectivity index (χ3n) is 6.22. The maximum absolute atomic E-state index is 13.6. The highest BCUT2D eigenvalue weighted by molar-refractivity contribution is 5.91. The molecule has 1 aliphatic heterocycles. The molecule has 1 rings (SSSR count). The van der Waals surface area contributed by atoms with E-state index >= 15 is 0 Å². The van der Waals surface area contributed by atoms with E-state index in [0.29, 0.717) is 12.2 Å². The molecular weight excluding hydrogens is 406 g/mol. The van der Waals surface area contributed by atoms with Crippen molar-refractivity contribution in [2.24, 2.45) is 11.3 Å². The lowest BCUT2D eigenvalue weighted by molar-refractivity contribution is -0.142. The van der Waals surface area contributed by atoms with Gasteiger partial charge in [-0.15, -0.1) is 0 Å². The molecule has 7 heteroatoms. The van der Waals surface area contributed by atoms with Crippen LogP contribution in [0.4, 0.5) is 0 Å². The first-order valence-electron chi connectivity index (χ1n) is 12.0. The number of carbonyl (C=O) groups is 3. The molecule has 1 fully saturated rings. The maximum atomic E-state index is 13.6. The molecule has 0 aromatic heterocycles. The van der Waals surface area contributed by atoms with E-state index in [0.717, 1.165) is 32.4 Å². The van der Waals surface area contributed by atoms with Crippen LogP contribution in [-0.2, 0) is 19.1 Å². The second-order valence-electron chi connectivity index (χ2n) is 10.2. The van der Waals surface area contributed by atoms with E-state index in [1.54, 1.807) is 31.9 Å². The third-order valence-corrected chi connectivity index (χ3v) is 6.22. The zero-order valence-corrected chi connectivity index (χ0v) is 21.7. The van der Waals surface area contributed by atoms with Crippen LogP contribution in [0.3, 0.4) is 0 Å². The molecule has 0 spiro atoms. The molecule has 0 radical (unpaired) electrons. The average Bonchev–Trinajstić information content (AvgIpc) is 2.73. The minimum absolute atomic E-state index is 0.0763. The van der Waals surface area contributed by atoms with E-state index in [-0.39, 0.29) is 35.8 Å². The Balaban J connectivity index is 3.12. The van der Waals surface area contributed by atoms with Crippen molar-refractivity contribution in [2.45, 2.75) is 92.8 Å². The van der Waals surface area contributed by atoms with Crippen LogP contribution in [0.5, 0.6) is 0 Å². The smallest absolute Gasteiger partial charge is 0.333 e. The monoisotopic (exact) mass is 451 g/mol. The molecule has 1 unspecified atom stereocenters. The number of hydrogen-bond acceptors (Lipinski definition) is 5. The predicted octanol–water partition coefficient (Wildman–Crippen LogP) is 3.38. The number of nitrogens with zero attached hydrogens (tertiary/aromatic N) is 2. The number of nitrogens with one attached hydrogen (secondary N) is 1. The summed E-state index contributed by atoms with van der Waals surface area (Å²) in [6.07, 6.45) is 4.74. The van der Waals surface area contributed by atoms with Gasteiger partial charge in [-0.1, -0.05) is 54.0 Å². The molecule has 0 saturated carbocycles. The summed E-state index contributed by atoms with van der Waals surface area (Å²) >= 11 is 0. The number of amides is 2. The second-order valence-corrected chi connectivity index (χ2v) is 10.2. The molecule has 1 N–H and O–H groups in total. The van der Waals surface area contributed by atoms with Crippen LogP contribution in [-0.4, -0.2) is 72.5 Å². The molecule has 1 saturated heterocycles. The highest BCUT2D eigenvalue weighted by atomic mass is 16.5. The molecule has 0 aliphatic carbocycles. The summed E-state index contributed by atoms with van der Waals surface area (Å²) in [6.45, 7) is 17.5. The Morgan fingerprint density at radius 2 is 1.81 bits per heavy atom. The van der Waals surface area contributed by atoms with Gasteiger partial charge < -0.3 is 15.0 Å². The summed E-state index contributed by atoms with van der Waals surface area (Å²) in [5, 5.41) is 3.08. The number of rotatable bonds is 9. The molecule has 7 nitrogen and oxygen atoms in total. The van der Waals surface area contributed by atoms with Gasteiger partial charge in [-0.05, 0) is 51.1 Å². The zero-order chi connectivity index (χ0) is 24.6. The van der Waals surface area contributed by atoms with Crippen molar-refractivity contribution < 1.29 is 19.1 Å². The van der Waals surface area contributed by atoms with Gasteiger partial charge in [0.1, 0.15) is 6.04 Å². The van der Waals surface area contributed by atoms with Gasteiger partial charge in [0.05, 0.1) is 18.7 Å². The number of carbonyl (C=O) groups excluding carboxylic acids is 3. The molecule has 184 valence electrons. The summed E-state index contributed by atoms with van der Waals surface area (Å²) < 4.78 is 5.09. The lowest BCUT2D eigenvalue weighted by Crippen LogP contribution is -2.60. The number of hydrogen-bond donors (Lipinski definition) is 1. The predicted molar refractivity (Wildman–Crippen MR) is 128 cm³/mol. The maximum Gasteiger partial charge on any atom is 0.333 e. The number of ether oxygens (including phenoxy) is 1. The quantitative estimate of drug-likeness (QED) is 0.429. The highest BCUT2D eigenvalue weighted by Gasteiger charge is 2.39. The Kier molecular flexibility index (Phi) is 10.9. The molecule has 2 amide bonds. The summed E-state index contributed by atoms with van der Waals surface area (Å²) in [6, 6.07) is -1.16. The number of likely N-dealkylation sites (tertiary alicyclic amines) is 1. The summed E-state index contributed by atoms with van der Waals surface area (Å²) in [5.74, 6) is -0.529. The Hall–Kier alpha value is -1.89. The van der Waals surface area contributed by atoms with Crippen molar-refractivity contribution >= 4 is 17.8 Å². The van der Waals surface area contributed by atoms with Crippen LogP contribution in [0.1, 0.15) is 74.7 Å². The van der Waals surface area contributed by atoms with Gasteiger partial charge in [0, 0.05) is 12.6 Å². The zero-order valence-electron chi connectivity index (χ0n) is 21.7. The molecule has 1 aliphatic rings. The molecule has 32 heavy (non-hydrogen) atoms. The van der Waals surface area contributed by atoms with Crippen molar-refractivity contribution in [3.8, 4) is 0 Å². The van der Waals surface area contributed by atoms with Crippen LogP contribution < -0.4 is 5.32 Å². The summed E-state index contributed by atoms with van der Waals surface area (Å²) in [5.41, 5.74) is 0.0102. The number of piperidine rings is 1. The van der Waals surface area contributed by atoms with Gasteiger partial charge in [-0.3, -0.25) is 14.5 Å². The van der Waals surface area contributed by atoms with E-state index in [2.05, 4.69) is 17.1 Å². The Labute approximate surface area is 194 Å². The first kappa shape index (κ1) is 28.1. The highest BCUT2D eigenvalue weighted by Crippen LogP contribution is 2.25. The Bertz CT molecular complexity index is 681. The molecule has 0 bridgehead atoms. The molecule has 0 aromatic carbocycles. The van der Waals surface area contributed by atoms with Gasteiger partial charge in [0.15, 0.2) is 0 Å². The minimum Gasteiger partial charge on any atom is -0.463 e. The van der Waals surface area contributed by atoms with Crippen molar-refractivity contribution in [3.05, 3.63) is 11.6 Å². The topological polar surface area (TPSA) is 79.0 Å².